The molecule has 2 aliphatic rings. The number of nitrogens with one attached hydrogen (secondary N) is 3. The number of sulfonamides is 1. The van der Waals surface area contributed by atoms with Gasteiger partial charge >= 0.3 is 5.97 Å². The first kappa shape index (κ1) is 27.1. The number of hydrogen-bond acceptors (Lipinski definition) is 7. The third-order valence-electron chi connectivity index (χ3n) is 6.44. The molecule has 13 heteroatoms. The Morgan fingerprint density at radius 2 is 2.03 bits per heavy atom. The van der Waals surface area contributed by atoms with Crippen molar-refractivity contribution < 1.29 is 27.9 Å². The second-order valence-corrected chi connectivity index (χ2v) is 11.0. The highest BCUT2D eigenvalue weighted by molar-refractivity contribution is 7.89. The molecule has 1 atom stereocenters. The Hall–Kier alpha value is -2.51. The Bertz CT molecular complexity index is 1000. The number of aromatic nitrogens is 2. The third-order valence-corrected chi connectivity index (χ3v) is 7.91. The van der Waals surface area contributed by atoms with Crippen LogP contribution in [0.2, 0.25) is 0 Å². The molecule has 35 heavy (non-hydrogen) atoms. The molecule has 2 aliphatic heterocycles. The van der Waals surface area contributed by atoms with Crippen molar-refractivity contribution in [3.8, 4) is 0 Å². The molecule has 196 valence electrons. The molecule has 0 unspecified atom stereocenters. The zero-order valence-electron chi connectivity index (χ0n) is 20.2. The van der Waals surface area contributed by atoms with Crippen LogP contribution in [0.15, 0.2) is 6.07 Å². The van der Waals surface area contributed by atoms with E-state index in [-0.39, 0.29) is 17.4 Å². The maximum Gasteiger partial charge on any atom is 0.323 e. The summed E-state index contributed by atoms with van der Waals surface area (Å²) >= 11 is 0. The second kappa shape index (κ2) is 12.5. The summed E-state index contributed by atoms with van der Waals surface area (Å²) in [6.45, 7) is 5.18. The van der Waals surface area contributed by atoms with Crippen LogP contribution in [0, 0.1) is 5.92 Å². The topological polar surface area (TPSA) is 163 Å². The van der Waals surface area contributed by atoms with Crippen molar-refractivity contribution in [2.45, 2.75) is 58.0 Å². The van der Waals surface area contributed by atoms with Crippen molar-refractivity contribution in [1.29, 1.82) is 0 Å². The van der Waals surface area contributed by atoms with E-state index in [0.29, 0.717) is 50.5 Å². The molecular weight excluding hydrogens is 476 g/mol. The number of carbonyl (C=O) groups is 3. The summed E-state index contributed by atoms with van der Waals surface area (Å²) in [5.41, 5.74) is 0.319. The smallest absolute Gasteiger partial charge is 0.323 e. The van der Waals surface area contributed by atoms with E-state index in [9.17, 15) is 27.9 Å². The van der Waals surface area contributed by atoms with Gasteiger partial charge in [-0.05, 0) is 51.1 Å². The zero-order chi connectivity index (χ0) is 25.4. The van der Waals surface area contributed by atoms with Crippen molar-refractivity contribution >= 4 is 27.8 Å². The first-order chi connectivity index (χ1) is 16.7. The minimum atomic E-state index is -3.79. The normalized spacial score (nSPS) is 18.1. The lowest BCUT2D eigenvalue weighted by molar-refractivity contribution is -0.138. The summed E-state index contributed by atoms with van der Waals surface area (Å²) in [5.74, 6) is -1.83. The number of piperidine rings is 1. The summed E-state index contributed by atoms with van der Waals surface area (Å²) in [5, 5.41) is 19.4. The van der Waals surface area contributed by atoms with E-state index in [1.54, 1.807) is 0 Å². The van der Waals surface area contributed by atoms with Crippen molar-refractivity contribution in [2.24, 2.45) is 5.92 Å². The van der Waals surface area contributed by atoms with Crippen molar-refractivity contribution in [3.63, 3.8) is 0 Å². The van der Waals surface area contributed by atoms with Crippen molar-refractivity contribution in [3.05, 3.63) is 17.5 Å². The fourth-order valence-corrected chi connectivity index (χ4v) is 5.75. The minimum Gasteiger partial charge on any atom is -0.480 e. The largest absolute Gasteiger partial charge is 0.480 e. The number of rotatable bonds is 12. The van der Waals surface area contributed by atoms with E-state index in [0.717, 1.165) is 32.4 Å². The monoisotopic (exact) mass is 512 g/mol. The number of fused-ring (bicyclic) bond motifs is 1. The predicted molar refractivity (Wildman–Crippen MR) is 129 cm³/mol. The maximum absolute atomic E-state index is 13.1. The lowest BCUT2D eigenvalue weighted by Crippen LogP contribution is -2.49. The average Bonchev–Trinajstić information content (AvgIpc) is 3.20. The number of aliphatic carboxylic acids is 1. The van der Waals surface area contributed by atoms with Gasteiger partial charge in [0.15, 0.2) is 5.69 Å². The van der Waals surface area contributed by atoms with Gasteiger partial charge in [0.2, 0.25) is 10.0 Å². The number of hydrogen-bond donors (Lipinski definition) is 4. The summed E-state index contributed by atoms with van der Waals surface area (Å²) < 4.78 is 27.7. The standard InChI is InChI=1S/C22H36N6O6S/c1-2-3-13-35(33,34)26-18(22(31)32)15-24-20(29)17-14-19-21(30)27(10-4-11-28(19)25-17)12-7-16-5-8-23-9-6-16/h14,16,18,23,26H,2-13,15H2,1H3,(H,24,29)(H,31,32)/t18-/m0/s1. The Morgan fingerprint density at radius 3 is 2.71 bits per heavy atom. The summed E-state index contributed by atoms with van der Waals surface area (Å²) in [6, 6.07) is -0.0878. The molecule has 3 rings (SSSR count). The van der Waals surface area contributed by atoms with Gasteiger partial charge in [0, 0.05) is 32.2 Å². The fraction of sp³-hybridized carbons (Fsp3) is 0.727. The van der Waals surface area contributed by atoms with E-state index >= 15 is 0 Å². The van der Waals surface area contributed by atoms with Crippen LogP contribution >= 0.6 is 0 Å². The number of carboxylic acid groups (broad SMARTS) is 1. The number of unbranched alkanes of at least 4 members (excludes halogenated alkanes) is 1. The van der Waals surface area contributed by atoms with Gasteiger partial charge in [-0.2, -0.15) is 9.82 Å². The summed E-state index contributed by atoms with van der Waals surface area (Å²) in [7, 11) is -3.79. The van der Waals surface area contributed by atoms with Crippen LogP contribution < -0.4 is 15.4 Å². The molecule has 1 aromatic heterocycles. The van der Waals surface area contributed by atoms with Crippen LogP contribution in [0.3, 0.4) is 0 Å². The van der Waals surface area contributed by atoms with Crippen LogP contribution in [0.1, 0.15) is 66.4 Å². The number of amides is 2. The van der Waals surface area contributed by atoms with Crippen LogP contribution in [0.25, 0.3) is 0 Å². The van der Waals surface area contributed by atoms with E-state index in [1.807, 2.05) is 11.8 Å². The minimum absolute atomic E-state index is 0.00784. The summed E-state index contributed by atoms with van der Waals surface area (Å²) in [4.78, 5) is 39.1. The lowest BCUT2D eigenvalue weighted by Gasteiger charge is -2.26. The highest BCUT2D eigenvalue weighted by Gasteiger charge is 2.28. The Balaban J connectivity index is 1.60. The predicted octanol–water partition coefficient (Wildman–Crippen LogP) is 0.0212. The van der Waals surface area contributed by atoms with Gasteiger partial charge in [0.1, 0.15) is 11.7 Å². The molecule has 0 aliphatic carbocycles. The molecule has 12 nitrogen and oxygen atoms in total. The SMILES string of the molecule is CCCCS(=O)(=O)N[C@@H](CNC(=O)c1cc2n(n1)CCCN(CCC1CCNCC1)C2=O)C(=O)O. The van der Waals surface area contributed by atoms with Gasteiger partial charge in [-0.3, -0.25) is 19.1 Å². The van der Waals surface area contributed by atoms with Gasteiger partial charge in [0.05, 0.1) is 5.75 Å². The Kier molecular flexibility index (Phi) is 9.63. The van der Waals surface area contributed by atoms with Crippen LogP contribution in [0.4, 0.5) is 0 Å². The molecule has 1 aromatic rings. The van der Waals surface area contributed by atoms with Gasteiger partial charge in [-0.15, -0.1) is 0 Å². The number of nitrogens with zero attached hydrogens (tertiary/aromatic N) is 3. The van der Waals surface area contributed by atoms with Crippen LogP contribution in [-0.4, -0.2) is 90.5 Å². The molecule has 0 saturated carbocycles. The quantitative estimate of drug-likeness (QED) is 0.305. The molecule has 4 N–H and O–H groups in total. The number of carbonyl (C=O) groups excluding carboxylic acids is 2. The fourth-order valence-electron chi connectivity index (χ4n) is 4.34. The zero-order valence-corrected chi connectivity index (χ0v) is 21.0. The molecule has 0 spiro atoms. The van der Waals surface area contributed by atoms with Crippen molar-refractivity contribution in [1.82, 2.24) is 30.0 Å². The number of aryl methyl sites for hydroxylation is 1. The van der Waals surface area contributed by atoms with Crippen LogP contribution in [0.5, 0.6) is 0 Å². The highest BCUT2D eigenvalue weighted by Crippen LogP contribution is 2.19. The molecule has 1 saturated heterocycles. The van der Waals surface area contributed by atoms with Gasteiger partial charge < -0.3 is 20.6 Å². The van der Waals surface area contributed by atoms with Crippen LogP contribution in [-0.2, 0) is 21.4 Å². The van der Waals surface area contributed by atoms with E-state index in [2.05, 4.69) is 20.5 Å². The van der Waals surface area contributed by atoms with Gasteiger partial charge in [0.25, 0.3) is 11.8 Å². The van der Waals surface area contributed by atoms with Gasteiger partial charge in [-0.25, -0.2) is 8.42 Å². The highest BCUT2D eigenvalue weighted by atomic mass is 32.2. The molecule has 2 amide bonds. The van der Waals surface area contributed by atoms with E-state index in [1.165, 1.54) is 10.7 Å². The van der Waals surface area contributed by atoms with Gasteiger partial charge in [-0.1, -0.05) is 13.3 Å². The molecule has 0 radical (unpaired) electrons. The molecule has 3 heterocycles. The molecular formula is C22H36N6O6S. The molecule has 0 aromatic carbocycles. The average molecular weight is 513 g/mol. The second-order valence-electron chi connectivity index (χ2n) is 9.16. The summed E-state index contributed by atoms with van der Waals surface area (Å²) in [6.07, 6.45) is 4.92. The maximum atomic E-state index is 13.1. The first-order valence-electron chi connectivity index (χ1n) is 12.3. The van der Waals surface area contributed by atoms with E-state index < -0.39 is 34.5 Å². The third kappa shape index (κ3) is 7.74. The Labute approximate surface area is 205 Å². The number of carboxylic acids is 1. The Morgan fingerprint density at radius 1 is 1.29 bits per heavy atom. The van der Waals surface area contributed by atoms with E-state index in [4.69, 9.17) is 0 Å². The van der Waals surface area contributed by atoms with Crippen molar-refractivity contribution in [2.75, 3.05) is 38.5 Å². The lowest BCUT2D eigenvalue weighted by atomic mass is 9.94. The molecule has 0 bridgehead atoms. The first-order valence-corrected chi connectivity index (χ1v) is 13.9. The molecule has 1 fully saturated rings.